The number of hydrogen-bond donors (Lipinski definition) is 2. The molecule has 0 spiro atoms. The molecule has 4 rings (SSSR count). The third-order valence-corrected chi connectivity index (χ3v) is 5.66. The van der Waals surface area contributed by atoms with Gasteiger partial charge in [0.2, 0.25) is 5.96 Å². The van der Waals surface area contributed by atoms with Crippen molar-refractivity contribution in [1.82, 2.24) is 10.7 Å². The van der Waals surface area contributed by atoms with Crippen LogP contribution in [0.15, 0.2) is 69.9 Å². The number of ether oxygens (including phenoxy) is 1. The zero-order valence-electron chi connectivity index (χ0n) is 17.8. The molecule has 2 aliphatic rings. The number of hydrazone groups is 1. The predicted octanol–water partition coefficient (Wildman–Crippen LogP) is 4.62. The van der Waals surface area contributed by atoms with E-state index in [9.17, 15) is 4.79 Å². The third-order valence-electron chi connectivity index (χ3n) is 5.41. The average Bonchev–Trinajstić information content (AvgIpc) is 2.73. The lowest BCUT2D eigenvalue weighted by atomic mass is 9.73. The fraction of sp³-hybridized carbons (Fsp3) is 0.292. The molecule has 1 aliphatic carbocycles. The number of ketones is 1. The maximum absolute atomic E-state index is 13.0. The second-order valence-electron chi connectivity index (χ2n) is 8.53. The highest BCUT2D eigenvalue weighted by Gasteiger charge is 2.39. The van der Waals surface area contributed by atoms with Crippen molar-refractivity contribution >= 4 is 29.6 Å². The molecular weight excluding hydrogens is 412 g/mol. The van der Waals surface area contributed by atoms with Crippen LogP contribution in [0.4, 0.5) is 0 Å². The molecule has 31 heavy (non-hydrogen) atoms. The largest absolute Gasteiger partial charge is 0.497 e. The van der Waals surface area contributed by atoms with E-state index in [1.807, 2.05) is 48.5 Å². The normalized spacial score (nSPS) is 20.2. The molecule has 2 N–H and O–H groups in total. The summed E-state index contributed by atoms with van der Waals surface area (Å²) in [6, 6.07) is 14.7. The summed E-state index contributed by atoms with van der Waals surface area (Å²) in [4.78, 5) is 17.8. The summed E-state index contributed by atoms with van der Waals surface area (Å²) < 4.78 is 5.18. The zero-order valence-corrected chi connectivity index (χ0v) is 18.5. The third kappa shape index (κ3) is 4.80. The zero-order chi connectivity index (χ0) is 22.0. The van der Waals surface area contributed by atoms with E-state index in [1.165, 1.54) is 0 Å². The number of Topliss-reactive ketones (excluding diaryl/α,β-unsaturated/α-hetero) is 1. The van der Waals surface area contributed by atoms with Crippen molar-refractivity contribution in [2.24, 2.45) is 15.5 Å². The topological polar surface area (TPSA) is 75.1 Å². The summed E-state index contributed by atoms with van der Waals surface area (Å²) in [7, 11) is 1.63. The smallest absolute Gasteiger partial charge is 0.217 e. The fourth-order valence-corrected chi connectivity index (χ4v) is 4.06. The predicted molar refractivity (Wildman–Crippen MR) is 124 cm³/mol. The number of carbonyl (C=O) groups is 1. The number of aliphatic imine (C=N–C) groups is 1. The van der Waals surface area contributed by atoms with Crippen LogP contribution in [-0.4, -0.2) is 25.1 Å². The van der Waals surface area contributed by atoms with E-state index in [1.54, 1.807) is 13.3 Å². The molecule has 6 nitrogen and oxygen atoms in total. The number of nitrogens with zero attached hydrogens (tertiary/aromatic N) is 2. The minimum Gasteiger partial charge on any atom is -0.497 e. The molecule has 2 aromatic carbocycles. The van der Waals surface area contributed by atoms with Gasteiger partial charge < -0.3 is 10.1 Å². The number of allylic oxidation sites excluding steroid dienone is 1. The highest BCUT2D eigenvalue weighted by Crippen LogP contribution is 2.42. The molecular formula is C24H25ClN4O2. The van der Waals surface area contributed by atoms with Gasteiger partial charge in [-0.15, -0.1) is 0 Å². The molecule has 0 saturated carbocycles. The molecule has 2 aromatic rings. The van der Waals surface area contributed by atoms with Gasteiger partial charge in [0.05, 0.1) is 13.3 Å². The number of hydrogen-bond acceptors (Lipinski definition) is 6. The molecule has 1 atom stereocenters. The molecule has 0 fully saturated rings. The number of halogens is 1. The molecule has 0 amide bonds. The standard InChI is InChI=1S/C24H25ClN4O2/c1-24(2)12-19-21(20(30)13-24)22(16-6-8-17(25)9-7-16)28-23(27-19)29-26-14-15-4-10-18(31-3)11-5-15/h4-11,14,22H,12-13H2,1-3H3,(H2,27,28,29)/b26-14+. The highest BCUT2D eigenvalue weighted by molar-refractivity contribution is 6.30. The van der Waals surface area contributed by atoms with Gasteiger partial charge in [-0.3, -0.25) is 4.79 Å². The molecule has 0 radical (unpaired) electrons. The quantitative estimate of drug-likeness (QED) is 0.541. The van der Waals surface area contributed by atoms with E-state index < -0.39 is 6.04 Å². The Balaban J connectivity index is 1.60. The minimum absolute atomic E-state index is 0.109. The molecule has 1 aliphatic heterocycles. The van der Waals surface area contributed by atoms with Crippen LogP contribution >= 0.6 is 11.6 Å². The highest BCUT2D eigenvalue weighted by atomic mass is 35.5. The fourth-order valence-electron chi connectivity index (χ4n) is 3.93. The van der Waals surface area contributed by atoms with Crippen molar-refractivity contribution < 1.29 is 9.53 Å². The van der Waals surface area contributed by atoms with Crippen LogP contribution < -0.4 is 15.5 Å². The summed E-state index contributed by atoms with van der Waals surface area (Å²) in [6.07, 6.45) is 2.98. The van der Waals surface area contributed by atoms with Gasteiger partial charge >= 0.3 is 0 Å². The summed E-state index contributed by atoms with van der Waals surface area (Å²) >= 11 is 6.06. The van der Waals surface area contributed by atoms with E-state index in [-0.39, 0.29) is 11.2 Å². The van der Waals surface area contributed by atoms with Crippen LogP contribution in [0.3, 0.4) is 0 Å². The number of carbonyl (C=O) groups excluding carboxylic acids is 1. The molecule has 7 heteroatoms. The average molecular weight is 437 g/mol. The van der Waals surface area contributed by atoms with Gasteiger partial charge in [0, 0.05) is 22.7 Å². The summed E-state index contributed by atoms with van der Waals surface area (Å²) in [5, 5.41) is 8.26. The first-order valence-corrected chi connectivity index (χ1v) is 10.5. The summed E-state index contributed by atoms with van der Waals surface area (Å²) in [5.74, 6) is 1.43. The lowest BCUT2D eigenvalue weighted by molar-refractivity contribution is -0.118. The summed E-state index contributed by atoms with van der Waals surface area (Å²) in [5.41, 5.74) is 6.36. The van der Waals surface area contributed by atoms with Crippen molar-refractivity contribution in [3.05, 3.63) is 76.0 Å². The van der Waals surface area contributed by atoms with Crippen LogP contribution in [0.5, 0.6) is 5.75 Å². The van der Waals surface area contributed by atoms with Crippen LogP contribution in [0.1, 0.15) is 43.9 Å². The Kier molecular flexibility index (Phi) is 5.83. The monoisotopic (exact) mass is 436 g/mol. The minimum atomic E-state index is -0.393. The number of rotatable bonds is 4. The SMILES string of the molecule is COc1ccc(/C=N/NC2=NC(c3ccc(Cl)cc3)C3=C(CC(C)(C)CC3=O)N2)cc1. The van der Waals surface area contributed by atoms with Crippen molar-refractivity contribution in [2.75, 3.05) is 7.11 Å². The van der Waals surface area contributed by atoms with Crippen LogP contribution in [0.25, 0.3) is 0 Å². The maximum atomic E-state index is 13.0. The Morgan fingerprint density at radius 1 is 1.16 bits per heavy atom. The second-order valence-corrected chi connectivity index (χ2v) is 8.97. The molecule has 160 valence electrons. The first kappa shape index (κ1) is 21.1. The van der Waals surface area contributed by atoms with E-state index in [4.69, 9.17) is 21.3 Å². The molecule has 0 saturated heterocycles. The van der Waals surface area contributed by atoms with Crippen molar-refractivity contribution in [2.45, 2.75) is 32.7 Å². The number of benzene rings is 2. The Bertz CT molecular complexity index is 1070. The van der Waals surface area contributed by atoms with E-state index in [0.717, 1.165) is 34.6 Å². The maximum Gasteiger partial charge on any atom is 0.217 e. The van der Waals surface area contributed by atoms with Gasteiger partial charge in [-0.1, -0.05) is 37.6 Å². The first-order valence-electron chi connectivity index (χ1n) is 10.1. The Morgan fingerprint density at radius 3 is 2.55 bits per heavy atom. The van der Waals surface area contributed by atoms with E-state index in [0.29, 0.717) is 17.4 Å². The molecule has 0 bridgehead atoms. The first-order chi connectivity index (χ1) is 14.8. The van der Waals surface area contributed by atoms with Gasteiger partial charge in [-0.25, -0.2) is 10.4 Å². The van der Waals surface area contributed by atoms with E-state index >= 15 is 0 Å². The van der Waals surface area contributed by atoms with Crippen LogP contribution in [0, 0.1) is 5.41 Å². The van der Waals surface area contributed by atoms with Crippen LogP contribution in [-0.2, 0) is 4.79 Å². The second kappa shape index (κ2) is 8.55. The van der Waals surface area contributed by atoms with E-state index in [2.05, 4.69) is 29.7 Å². The number of guanidine groups is 1. The Labute approximate surface area is 187 Å². The Morgan fingerprint density at radius 2 is 1.87 bits per heavy atom. The molecule has 1 heterocycles. The lowest BCUT2D eigenvalue weighted by Gasteiger charge is -2.37. The molecule has 1 unspecified atom stereocenters. The van der Waals surface area contributed by atoms with Gasteiger partial charge in [0.1, 0.15) is 11.8 Å². The van der Waals surface area contributed by atoms with Gasteiger partial charge in [-0.2, -0.15) is 5.10 Å². The van der Waals surface area contributed by atoms with Crippen molar-refractivity contribution in [1.29, 1.82) is 0 Å². The van der Waals surface area contributed by atoms with Gasteiger partial charge in [0.15, 0.2) is 5.78 Å². The lowest BCUT2D eigenvalue weighted by Crippen LogP contribution is -2.43. The Hall–Kier alpha value is -3.12. The van der Waals surface area contributed by atoms with Crippen LogP contribution in [0.2, 0.25) is 5.02 Å². The number of nitrogens with one attached hydrogen (secondary N) is 2. The van der Waals surface area contributed by atoms with Gasteiger partial charge in [0.25, 0.3) is 0 Å². The molecule has 0 aromatic heterocycles. The summed E-state index contributed by atoms with van der Waals surface area (Å²) in [6.45, 7) is 4.21. The van der Waals surface area contributed by atoms with Gasteiger partial charge in [-0.05, 0) is 59.4 Å². The van der Waals surface area contributed by atoms with Crippen molar-refractivity contribution in [3.63, 3.8) is 0 Å². The number of methoxy groups -OCH3 is 1. The van der Waals surface area contributed by atoms with Crippen molar-refractivity contribution in [3.8, 4) is 5.75 Å².